The molecule has 2 rings (SSSR count). The van der Waals surface area contributed by atoms with Gasteiger partial charge in [0.1, 0.15) is 0 Å². The van der Waals surface area contributed by atoms with E-state index in [1.807, 2.05) is 24.3 Å². The van der Waals surface area contributed by atoms with E-state index in [2.05, 4.69) is 43.4 Å². The topological polar surface area (TPSA) is 12.0 Å². The number of benzene rings is 2. The molecule has 2 aromatic rings. The summed E-state index contributed by atoms with van der Waals surface area (Å²) in [6.07, 6.45) is 0. The van der Waals surface area contributed by atoms with Crippen molar-refractivity contribution < 1.29 is 0 Å². The molecule has 3 heteroatoms. The maximum atomic E-state index is 6.33. The largest absolute Gasteiger partial charge is 0.310 e. The Labute approximate surface area is 124 Å². The van der Waals surface area contributed by atoms with Crippen molar-refractivity contribution in [2.45, 2.75) is 36.2 Å². The van der Waals surface area contributed by atoms with Crippen LogP contribution in [0.25, 0.3) is 0 Å². The number of halogens is 1. The first-order valence-corrected chi connectivity index (χ1v) is 7.59. The number of nitrogens with one attached hydrogen (secondary N) is 1. The summed E-state index contributed by atoms with van der Waals surface area (Å²) >= 11 is 8.06. The molecule has 1 nitrogen and oxygen atoms in total. The maximum Gasteiger partial charge on any atom is 0.0462 e. The summed E-state index contributed by atoms with van der Waals surface area (Å²) in [5, 5.41) is 4.21. The van der Waals surface area contributed by atoms with Gasteiger partial charge in [-0.2, -0.15) is 0 Å². The zero-order valence-corrected chi connectivity index (χ0v) is 12.8. The molecule has 2 aromatic carbocycles. The minimum absolute atomic E-state index is 0.467. The molecule has 19 heavy (non-hydrogen) atoms. The highest BCUT2D eigenvalue weighted by Crippen LogP contribution is 2.30. The molecule has 0 saturated heterocycles. The van der Waals surface area contributed by atoms with Crippen LogP contribution in [0.15, 0.2) is 58.3 Å². The van der Waals surface area contributed by atoms with Crippen LogP contribution in [0.2, 0.25) is 5.02 Å². The van der Waals surface area contributed by atoms with Crippen LogP contribution in [0.4, 0.5) is 0 Å². The highest BCUT2D eigenvalue weighted by Gasteiger charge is 2.04. The van der Waals surface area contributed by atoms with Gasteiger partial charge < -0.3 is 5.32 Å². The van der Waals surface area contributed by atoms with E-state index in [1.165, 1.54) is 9.79 Å². The minimum atomic E-state index is 0.467. The Balaban J connectivity index is 2.06. The molecule has 0 atom stereocenters. The molecule has 0 aliphatic rings. The zero-order chi connectivity index (χ0) is 13.7. The van der Waals surface area contributed by atoms with Crippen molar-refractivity contribution in [3.8, 4) is 0 Å². The van der Waals surface area contributed by atoms with E-state index in [1.54, 1.807) is 11.8 Å². The summed E-state index contributed by atoms with van der Waals surface area (Å²) in [5.41, 5.74) is 1.15. The molecule has 1 N–H and O–H groups in total. The molecular weight excluding hydrogens is 274 g/mol. The van der Waals surface area contributed by atoms with E-state index in [0.717, 1.165) is 17.1 Å². The molecule has 0 aromatic heterocycles. The van der Waals surface area contributed by atoms with Crippen molar-refractivity contribution in [1.29, 1.82) is 0 Å². The SMILES string of the molecule is CC(C)NCc1ccc(Sc2ccccc2)cc1Cl. The van der Waals surface area contributed by atoms with Gasteiger partial charge >= 0.3 is 0 Å². The predicted molar refractivity (Wildman–Crippen MR) is 84.0 cm³/mol. The van der Waals surface area contributed by atoms with Crippen LogP contribution in [0.5, 0.6) is 0 Å². The third kappa shape index (κ3) is 4.57. The Kier molecular flexibility index (Phi) is 5.32. The summed E-state index contributed by atoms with van der Waals surface area (Å²) in [6, 6.07) is 17.1. The van der Waals surface area contributed by atoms with Crippen LogP contribution >= 0.6 is 23.4 Å². The molecule has 0 heterocycles. The Bertz CT molecular complexity index is 526. The van der Waals surface area contributed by atoms with Crippen molar-refractivity contribution in [1.82, 2.24) is 5.32 Å². The summed E-state index contributed by atoms with van der Waals surface area (Å²) in [6.45, 7) is 5.08. The molecule has 0 amide bonds. The minimum Gasteiger partial charge on any atom is -0.310 e. The molecule has 0 saturated carbocycles. The lowest BCUT2D eigenvalue weighted by Gasteiger charge is -2.10. The van der Waals surface area contributed by atoms with Gasteiger partial charge in [-0.25, -0.2) is 0 Å². The second-order valence-corrected chi connectivity index (χ2v) is 6.26. The summed E-state index contributed by atoms with van der Waals surface area (Å²) in [7, 11) is 0. The van der Waals surface area contributed by atoms with E-state index in [-0.39, 0.29) is 0 Å². The Morgan fingerprint density at radius 3 is 2.42 bits per heavy atom. The number of rotatable bonds is 5. The third-order valence-corrected chi connectivity index (χ3v) is 4.05. The number of hydrogen-bond donors (Lipinski definition) is 1. The molecule has 0 unspecified atom stereocenters. The Morgan fingerprint density at radius 2 is 1.79 bits per heavy atom. The van der Waals surface area contributed by atoms with Crippen LogP contribution in [0, 0.1) is 0 Å². The number of hydrogen-bond acceptors (Lipinski definition) is 2. The first kappa shape index (κ1) is 14.4. The molecule has 0 spiro atoms. The fraction of sp³-hybridized carbons (Fsp3) is 0.250. The zero-order valence-electron chi connectivity index (χ0n) is 11.2. The smallest absolute Gasteiger partial charge is 0.0462 e. The standard InChI is InChI=1S/C16H18ClNS/c1-12(2)18-11-13-8-9-15(10-16(13)17)19-14-6-4-3-5-7-14/h3-10,12,18H,11H2,1-2H3. The molecule has 0 aliphatic carbocycles. The Morgan fingerprint density at radius 1 is 1.05 bits per heavy atom. The van der Waals surface area contributed by atoms with Gasteiger partial charge in [-0.15, -0.1) is 0 Å². The van der Waals surface area contributed by atoms with Crippen molar-refractivity contribution in [2.24, 2.45) is 0 Å². The molecule has 0 fully saturated rings. The molecule has 0 radical (unpaired) electrons. The van der Waals surface area contributed by atoms with Gasteiger partial charge in [0.2, 0.25) is 0 Å². The Hall–Kier alpha value is -0.960. The summed E-state index contributed by atoms with van der Waals surface area (Å²) in [5.74, 6) is 0. The molecular formula is C16H18ClNS. The first-order chi connectivity index (χ1) is 9.15. The predicted octanol–water partition coefficient (Wildman–Crippen LogP) is 4.99. The summed E-state index contributed by atoms with van der Waals surface area (Å²) in [4.78, 5) is 2.40. The van der Waals surface area contributed by atoms with Crippen molar-refractivity contribution in [3.05, 3.63) is 59.1 Å². The van der Waals surface area contributed by atoms with Crippen molar-refractivity contribution in [2.75, 3.05) is 0 Å². The van der Waals surface area contributed by atoms with Crippen molar-refractivity contribution >= 4 is 23.4 Å². The quantitative estimate of drug-likeness (QED) is 0.833. The van der Waals surface area contributed by atoms with Gasteiger partial charge in [-0.1, -0.05) is 61.5 Å². The maximum absolute atomic E-state index is 6.33. The summed E-state index contributed by atoms with van der Waals surface area (Å²) < 4.78 is 0. The third-order valence-electron chi connectivity index (χ3n) is 2.70. The van der Waals surface area contributed by atoms with Crippen LogP contribution < -0.4 is 5.32 Å². The second kappa shape index (κ2) is 6.99. The normalized spacial score (nSPS) is 10.9. The van der Waals surface area contributed by atoms with Crippen LogP contribution in [0.1, 0.15) is 19.4 Å². The monoisotopic (exact) mass is 291 g/mol. The lowest BCUT2D eigenvalue weighted by atomic mass is 10.2. The molecule has 100 valence electrons. The second-order valence-electron chi connectivity index (χ2n) is 4.70. The van der Waals surface area contributed by atoms with E-state index >= 15 is 0 Å². The van der Waals surface area contributed by atoms with Gasteiger partial charge in [0, 0.05) is 27.4 Å². The molecule has 0 bridgehead atoms. The average Bonchev–Trinajstić information content (AvgIpc) is 2.39. The highest BCUT2D eigenvalue weighted by molar-refractivity contribution is 7.99. The first-order valence-electron chi connectivity index (χ1n) is 6.40. The van der Waals surface area contributed by atoms with E-state index in [4.69, 9.17) is 11.6 Å². The lowest BCUT2D eigenvalue weighted by molar-refractivity contribution is 0.589. The lowest BCUT2D eigenvalue weighted by Crippen LogP contribution is -2.21. The fourth-order valence-corrected chi connectivity index (χ4v) is 2.86. The fourth-order valence-electron chi connectivity index (χ4n) is 1.67. The highest BCUT2D eigenvalue weighted by atomic mass is 35.5. The van der Waals surface area contributed by atoms with Crippen LogP contribution in [0.3, 0.4) is 0 Å². The van der Waals surface area contributed by atoms with Gasteiger partial charge in [0.15, 0.2) is 0 Å². The van der Waals surface area contributed by atoms with Gasteiger partial charge in [0.25, 0.3) is 0 Å². The molecule has 0 aliphatic heterocycles. The van der Waals surface area contributed by atoms with Gasteiger partial charge in [0.05, 0.1) is 0 Å². The van der Waals surface area contributed by atoms with Gasteiger partial charge in [-0.05, 0) is 29.8 Å². The van der Waals surface area contributed by atoms with Crippen LogP contribution in [-0.2, 0) is 6.54 Å². The van der Waals surface area contributed by atoms with E-state index < -0.39 is 0 Å². The van der Waals surface area contributed by atoms with Crippen LogP contribution in [-0.4, -0.2) is 6.04 Å². The van der Waals surface area contributed by atoms with Crippen molar-refractivity contribution in [3.63, 3.8) is 0 Å². The van der Waals surface area contributed by atoms with E-state index in [9.17, 15) is 0 Å². The van der Waals surface area contributed by atoms with Gasteiger partial charge in [-0.3, -0.25) is 0 Å². The average molecular weight is 292 g/mol. The van der Waals surface area contributed by atoms with E-state index in [0.29, 0.717) is 6.04 Å².